The van der Waals surface area contributed by atoms with Gasteiger partial charge in [0.05, 0.1) is 13.8 Å². The molecule has 2 heterocycles. The molecule has 0 saturated carbocycles. The molecular formula is C49H40BN3Si. The number of hydrogen-bond acceptors (Lipinski definition) is 3. The van der Waals surface area contributed by atoms with Gasteiger partial charge in [0.15, 0.2) is 0 Å². The van der Waals surface area contributed by atoms with Crippen molar-refractivity contribution in [3.8, 4) is 0 Å². The standard InChI is InChI=1S/C49H40BN3Si/c1-54(2,3)40-33-47-49-48(34-40)53(44-29-17-19-35-18-13-14-26-41(35)44)46-32-39(51(36-20-7-4-8-21-36)37-22-9-5-10-23-37)30-31-43(46)50(49)42-27-15-16-28-45(42)52(47)38-24-11-6-12-25-38/h4-34H,1-3H3. The number of nitrogens with zero attached hydrogens (tertiary/aromatic N) is 3. The molecule has 0 aliphatic carbocycles. The molecule has 10 rings (SSSR count). The predicted molar refractivity (Wildman–Crippen MR) is 236 cm³/mol. The van der Waals surface area contributed by atoms with Crippen LogP contribution in [0.15, 0.2) is 188 Å². The second kappa shape index (κ2) is 12.7. The lowest BCUT2D eigenvalue weighted by molar-refractivity contribution is 1.25. The zero-order valence-electron chi connectivity index (χ0n) is 30.8. The topological polar surface area (TPSA) is 9.72 Å². The van der Waals surface area contributed by atoms with E-state index in [4.69, 9.17) is 0 Å². The van der Waals surface area contributed by atoms with Crippen LogP contribution in [-0.2, 0) is 0 Å². The lowest BCUT2D eigenvalue weighted by Crippen LogP contribution is -2.62. The van der Waals surface area contributed by atoms with Gasteiger partial charge in [0.25, 0.3) is 6.71 Å². The van der Waals surface area contributed by atoms with Crippen molar-refractivity contribution in [1.82, 2.24) is 0 Å². The predicted octanol–water partition coefficient (Wildman–Crippen LogP) is 10.9. The minimum Gasteiger partial charge on any atom is -0.311 e. The van der Waals surface area contributed by atoms with Gasteiger partial charge in [0.2, 0.25) is 0 Å². The van der Waals surface area contributed by atoms with E-state index in [1.165, 1.54) is 66.5 Å². The summed E-state index contributed by atoms with van der Waals surface area (Å²) in [7, 11) is -1.81. The summed E-state index contributed by atoms with van der Waals surface area (Å²) in [5.41, 5.74) is 14.7. The highest BCUT2D eigenvalue weighted by Crippen LogP contribution is 2.47. The molecular weight excluding hydrogens is 669 g/mol. The van der Waals surface area contributed by atoms with Crippen LogP contribution in [-0.4, -0.2) is 14.8 Å². The van der Waals surface area contributed by atoms with Crippen molar-refractivity contribution in [2.75, 3.05) is 14.7 Å². The van der Waals surface area contributed by atoms with E-state index in [9.17, 15) is 0 Å². The number of fused-ring (bicyclic) bond motifs is 5. The molecule has 3 nitrogen and oxygen atoms in total. The van der Waals surface area contributed by atoms with Gasteiger partial charge in [0, 0.05) is 50.9 Å². The Hall–Kier alpha value is -6.30. The Morgan fingerprint density at radius 3 is 1.69 bits per heavy atom. The van der Waals surface area contributed by atoms with Crippen LogP contribution in [0.3, 0.4) is 0 Å². The molecule has 5 heteroatoms. The monoisotopic (exact) mass is 709 g/mol. The van der Waals surface area contributed by atoms with Gasteiger partial charge < -0.3 is 14.7 Å². The van der Waals surface area contributed by atoms with Crippen LogP contribution in [0.2, 0.25) is 19.6 Å². The van der Waals surface area contributed by atoms with Gasteiger partial charge in [-0.15, -0.1) is 0 Å². The summed E-state index contributed by atoms with van der Waals surface area (Å²) >= 11 is 0. The molecule has 0 spiro atoms. The second-order valence-corrected chi connectivity index (χ2v) is 20.5. The van der Waals surface area contributed by atoms with E-state index in [0.717, 1.165) is 17.1 Å². The van der Waals surface area contributed by atoms with E-state index in [-0.39, 0.29) is 6.71 Å². The Bertz CT molecular complexity index is 2630. The molecule has 0 saturated heterocycles. The highest BCUT2D eigenvalue weighted by molar-refractivity contribution is 7.00. The van der Waals surface area contributed by atoms with Gasteiger partial charge in [-0.25, -0.2) is 0 Å². The summed E-state index contributed by atoms with van der Waals surface area (Å²) in [5, 5.41) is 3.91. The third-order valence-electron chi connectivity index (χ3n) is 11.1. The molecule has 258 valence electrons. The summed E-state index contributed by atoms with van der Waals surface area (Å²) in [4.78, 5) is 7.49. The molecule has 0 unspecified atom stereocenters. The van der Waals surface area contributed by atoms with E-state index in [0.29, 0.717) is 0 Å². The third kappa shape index (κ3) is 5.19. The van der Waals surface area contributed by atoms with Crippen molar-refractivity contribution in [1.29, 1.82) is 0 Å². The third-order valence-corrected chi connectivity index (χ3v) is 13.2. The minimum absolute atomic E-state index is 0.0547. The Morgan fingerprint density at radius 2 is 0.981 bits per heavy atom. The van der Waals surface area contributed by atoms with Gasteiger partial charge in [-0.3, -0.25) is 0 Å². The van der Waals surface area contributed by atoms with Crippen molar-refractivity contribution in [3.05, 3.63) is 188 Å². The van der Waals surface area contributed by atoms with E-state index in [1.807, 2.05) is 0 Å². The average Bonchev–Trinajstić information content (AvgIpc) is 3.21. The second-order valence-electron chi connectivity index (χ2n) is 15.4. The van der Waals surface area contributed by atoms with Crippen LogP contribution in [0.4, 0.5) is 51.2 Å². The molecule has 2 aliphatic heterocycles. The number of hydrogen-bond donors (Lipinski definition) is 0. The largest absolute Gasteiger partial charge is 0.311 e. The summed E-state index contributed by atoms with van der Waals surface area (Å²) in [6, 6.07) is 69.3. The van der Waals surface area contributed by atoms with Crippen molar-refractivity contribution in [2.24, 2.45) is 0 Å². The van der Waals surface area contributed by atoms with E-state index < -0.39 is 8.07 Å². The first-order chi connectivity index (χ1) is 26.5. The van der Waals surface area contributed by atoms with Crippen LogP contribution < -0.4 is 36.3 Å². The van der Waals surface area contributed by atoms with Crippen molar-refractivity contribution in [2.45, 2.75) is 19.6 Å². The Kier molecular flexibility index (Phi) is 7.60. The molecule has 2 aliphatic rings. The molecule has 8 aromatic carbocycles. The van der Waals surface area contributed by atoms with Gasteiger partial charge in [0.1, 0.15) is 0 Å². The molecule has 0 radical (unpaired) electrons. The van der Waals surface area contributed by atoms with E-state index in [1.54, 1.807) is 0 Å². The lowest BCUT2D eigenvalue weighted by Gasteiger charge is -2.45. The molecule has 0 bridgehead atoms. The number of para-hydroxylation sites is 4. The van der Waals surface area contributed by atoms with Crippen molar-refractivity contribution >= 4 is 98.3 Å². The van der Waals surface area contributed by atoms with Crippen molar-refractivity contribution < 1.29 is 0 Å². The molecule has 54 heavy (non-hydrogen) atoms. The summed E-state index contributed by atoms with van der Waals surface area (Å²) in [6.07, 6.45) is 0. The first-order valence-corrected chi connectivity index (χ1v) is 22.4. The maximum Gasteiger partial charge on any atom is 0.252 e. The van der Waals surface area contributed by atoms with Gasteiger partial charge in [-0.05, 0) is 94.6 Å². The average molecular weight is 710 g/mol. The maximum absolute atomic E-state index is 2.59. The summed E-state index contributed by atoms with van der Waals surface area (Å²) in [5.74, 6) is 0. The van der Waals surface area contributed by atoms with Gasteiger partial charge in [-0.2, -0.15) is 0 Å². The molecule has 0 amide bonds. The molecule has 0 N–H and O–H groups in total. The van der Waals surface area contributed by atoms with Gasteiger partial charge in [-0.1, -0.05) is 140 Å². The smallest absolute Gasteiger partial charge is 0.252 e. The van der Waals surface area contributed by atoms with Crippen LogP contribution in [0.1, 0.15) is 0 Å². The molecule has 0 fully saturated rings. The van der Waals surface area contributed by atoms with E-state index >= 15 is 0 Å². The molecule has 8 aromatic rings. The normalized spacial score (nSPS) is 13.0. The first kappa shape index (κ1) is 32.4. The highest BCUT2D eigenvalue weighted by Gasteiger charge is 2.44. The summed E-state index contributed by atoms with van der Waals surface area (Å²) < 4.78 is 0. The summed E-state index contributed by atoms with van der Waals surface area (Å²) in [6.45, 7) is 7.46. The number of benzene rings is 8. The number of rotatable bonds is 6. The zero-order valence-corrected chi connectivity index (χ0v) is 31.8. The minimum atomic E-state index is -1.81. The quantitative estimate of drug-likeness (QED) is 0.159. The van der Waals surface area contributed by atoms with Crippen LogP contribution in [0.25, 0.3) is 10.8 Å². The fourth-order valence-electron chi connectivity index (χ4n) is 8.62. The first-order valence-electron chi connectivity index (χ1n) is 18.9. The SMILES string of the molecule is C[Si](C)(C)c1cc2c3c(c1)N(c1cccc4ccccc14)c1cc(N(c4ccccc4)c4ccccc4)ccc1B3c1ccccc1N2c1ccccc1. The van der Waals surface area contributed by atoms with Crippen LogP contribution in [0.5, 0.6) is 0 Å². The highest BCUT2D eigenvalue weighted by atomic mass is 28.3. The fourth-order valence-corrected chi connectivity index (χ4v) is 9.76. The Labute approximate surface area is 319 Å². The Balaban J connectivity index is 1.32. The van der Waals surface area contributed by atoms with Gasteiger partial charge >= 0.3 is 0 Å². The lowest BCUT2D eigenvalue weighted by atomic mass is 9.33. The molecule has 0 aromatic heterocycles. The zero-order chi connectivity index (χ0) is 36.4. The maximum atomic E-state index is 2.59. The molecule has 0 atom stereocenters. The Morgan fingerprint density at radius 1 is 0.426 bits per heavy atom. The van der Waals surface area contributed by atoms with E-state index in [2.05, 4.69) is 222 Å². The van der Waals surface area contributed by atoms with Crippen LogP contribution in [0, 0.1) is 0 Å². The number of anilines is 9. The van der Waals surface area contributed by atoms with Crippen LogP contribution >= 0.6 is 0 Å². The fraction of sp³-hybridized carbons (Fsp3) is 0.0612. The van der Waals surface area contributed by atoms with Crippen molar-refractivity contribution in [3.63, 3.8) is 0 Å².